The minimum absolute atomic E-state index is 0.633. The zero-order chi connectivity index (χ0) is 9.52. The summed E-state index contributed by atoms with van der Waals surface area (Å²) >= 11 is 0. The van der Waals surface area contributed by atoms with Gasteiger partial charge in [0.05, 0.1) is 6.61 Å². The van der Waals surface area contributed by atoms with Crippen molar-refractivity contribution in [1.82, 2.24) is 5.32 Å². The molecule has 0 aromatic carbocycles. The zero-order valence-electron chi connectivity index (χ0n) is 9.01. The Labute approximate surface area is 82.0 Å². The first-order valence-electron chi connectivity index (χ1n) is 5.64. The van der Waals surface area contributed by atoms with Crippen LogP contribution in [-0.4, -0.2) is 25.8 Å². The molecule has 0 aliphatic carbocycles. The second-order valence-corrected chi connectivity index (χ2v) is 4.22. The number of hydrogen-bond acceptors (Lipinski definition) is 2. The summed E-state index contributed by atoms with van der Waals surface area (Å²) in [5.74, 6) is 0.728. The van der Waals surface area contributed by atoms with Crippen molar-refractivity contribution in [2.75, 3.05) is 19.8 Å². The molecule has 0 aromatic rings. The van der Waals surface area contributed by atoms with Crippen LogP contribution in [0.5, 0.6) is 0 Å². The van der Waals surface area contributed by atoms with Gasteiger partial charge in [0.15, 0.2) is 0 Å². The first-order valence-corrected chi connectivity index (χ1v) is 5.64. The van der Waals surface area contributed by atoms with Crippen LogP contribution >= 0.6 is 0 Å². The lowest BCUT2D eigenvalue weighted by molar-refractivity contribution is 0.0872. The number of hydrogen-bond donors (Lipinski definition) is 1. The van der Waals surface area contributed by atoms with Crippen LogP contribution in [0, 0.1) is 5.92 Å². The topological polar surface area (TPSA) is 21.3 Å². The van der Waals surface area contributed by atoms with E-state index in [1.807, 2.05) is 0 Å². The van der Waals surface area contributed by atoms with E-state index in [0.29, 0.717) is 6.04 Å². The molecule has 1 N–H and O–H groups in total. The van der Waals surface area contributed by atoms with E-state index in [-0.39, 0.29) is 0 Å². The molecule has 1 aliphatic rings. The van der Waals surface area contributed by atoms with Crippen LogP contribution in [-0.2, 0) is 4.74 Å². The number of ether oxygens (including phenoxy) is 1. The van der Waals surface area contributed by atoms with Crippen LogP contribution in [0.4, 0.5) is 0 Å². The van der Waals surface area contributed by atoms with Crippen molar-refractivity contribution in [2.45, 2.75) is 45.6 Å². The van der Waals surface area contributed by atoms with Crippen molar-refractivity contribution in [1.29, 1.82) is 0 Å². The summed E-state index contributed by atoms with van der Waals surface area (Å²) in [6.45, 7) is 7.53. The van der Waals surface area contributed by atoms with Gasteiger partial charge in [-0.15, -0.1) is 0 Å². The first kappa shape index (κ1) is 11.0. The Morgan fingerprint density at radius 3 is 3.00 bits per heavy atom. The fourth-order valence-corrected chi connectivity index (χ4v) is 1.89. The van der Waals surface area contributed by atoms with Gasteiger partial charge in [-0.25, -0.2) is 0 Å². The lowest BCUT2D eigenvalue weighted by atomic mass is 10.1. The van der Waals surface area contributed by atoms with Gasteiger partial charge in [-0.1, -0.05) is 20.3 Å². The average molecular weight is 185 g/mol. The van der Waals surface area contributed by atoms with Crippen LogP contribution in [0.25, 0.3) is 0 Å². The van der Waals surface area contributed by atoms with E-state index in [1.165, 1.54) is 32.2 Å². The number of rotatable bonds is 6. The molecule has 78 valence electrons. The Morgan fingerprint density at radius 2 is 2.38 bits per heavy atom. The highest BCUT2D eigenvalue weighted by molar-refractivity contribution is 4.73. The minimum Gasteiger partial charge on any atom is -0.380 e. The van der Waals surface area contributed by atoms with E-state index in [0.717, 1.165) is 19.1 Å². The molecule has 1 unspecified atom stereocenters. The molecule has 1 heterocycles. The van der Waals surface area contributed by atoms with Crippen molar-refractivity contribution in [3.8, 4) is 0 Å². The molecule has 2 nitrogen and oxygen atoms in total. The van der Waals surface area contributed by atoms with Crippen molar-refractivity contribution in [2.24, 2.45) is 5.92 Å². The summed E-state index contributed by atoms with van der Waals surface area (Å²) in [5, 5.41) is 3.44. The Hall–Kier alpha value is -0.0800. The Kier molecular flexibility index (Phi) is 5.40. The summed E-state index contributed by atoms with van der Waals surface area (Å²) in [5.41, 5.74) is 0. The Balaban J connectivity index is 1.93. The van der Waals surface area contributed by atoms with E-state index in [9.17, 15) is 0 Å². The average Bonchev–Trinajstić information content (AvgIpc) is 2.57. The Bertz CT molecular complexity index is 121. The molecule has 0 bridgehead atoms. The molecule has 0 spiro atoms. The third-order valence-electron chi connectivity index (χ3n) is 2.67. The normalized spacial score (nSPS) is 24.9. The zero-order valence-corrected chi connectivity index (χ0v) is 9.01. The van der Waals surface area contributed by atoms with Crippen molar-refractivity contribution >= 4 is 0 Å². The molecule has 2 atom stereocenters. The standard InChI is InChI=1S/C11H23NO/c1-3-5-10(2)8-13-9-11-6-4-7-12-11/h10-12H,3-9H2,1-2H3/t10?,11-/m0/s1. The molecule has 1 saturated heterocycles. The van der Waals surface area contributed by atoms with Gasteiger partial charge in [-0.2, -0.15) is 0 Å². The summed E-state index contributed by atoms with van der Waals surface area (Å²) in [6.07, 6.45) is 5.17. The van der Waals surface area contributed by atoms with E-state index >= 15 is 0 Å². The van der Waals surface area contributed by atoms with Crippen LogP contribution in [0.3, 0.4) is 0 Å². The van der Waals surface area contributed by atoms with Gasteiger partial charge >= 0.3 is 0 Å². The van der Waals surface area contributed by atoms with Gasteiger partial charge in [0, 0.05) is 12.6 Å². The molecule has 0 saturated carbocycles. The fourth-order valence-electron chi connectivity index (χ4n) is 1.89. The Morgan fingerprint density at radius 1 is 1.54 bits per heavy atom. The largest absolute Gasteiger partial charge is 0.380 e. The van der Waals surface area contributed by atoms with Crippen LogP contribution in [0.15, 0.2) is 0 Å². The summed E-state index contributed by atoms with van der Waals surface area (Å²) in [6, 6.07) is 0.633. The van der Waals surface area contributed by atoms with Gasteiger partial charge in [0.2, 0.25) is 0 Å². The second kappa shape index (κ2) is 6.39. The fraction of sp³-hybridized carbons (Fsp3) is 1.00. The molecule has 1 fully saturated rings. The molecule has 1 rings (SSSR count). The van der Waals surface area contributed by atoms with E-state index in [1.54, 1.807) is 0 Å². The van der Waals surface area contributed by atoms with E-state index in [2.05, 4.69) is 19.2 Å². The molecular weight excluding hydrogens is 162 g/mol. The molecular formula is C11H23NO. The van der Waals surface area contributed by atoms with Crippen LogP contribution < -0.4 is 5.32 Å². The molecule has 2 heteroatoms. The molecule has 0 radical (unpaired) electrons. The molecule has 13 heavy (non-hydrogen) atoms. The van der Waals surface area contributed by atoms with Gasteiger partial charge in [-0.3, -0.25) is 0 Å². The smallest absolute Gasteiger partial charge is 0.0619 e. The molecule has 0 amide bonds. The highest BCUT2D eigenvalue weighted by Crippen LogP contribution is 2.08. The van der Waals surface area contributed by atoms with Crippen molar-refractivity contribution < 1.29 is 4.74 Å². The van der Waals surface area contributed by atoms with E-state index < -0.39 is 0 Å². The van der Waals surface area contributed by atoms with Gasteiger partial charge in [0.1, 0.15) is 0 Å². The maximum atomic E-state index is 5.67. The predicted octanol–water partition coefficient (Wildman–Crippen LogP) is 2.19. The van der Waals surface area contributed by atoms with Crippen LogP contribution in [0.1, 0.15) is 39.5 Å². The van der Waals surface area contributed by atoms with Gasteiger partial charge in [0.25, 0.3) is 0 Å². The lowest BCUT2D eigenvalue weighted by Gasteiger charge is -2.14. The second-order valence-electron chi connectivity index (χ2n) is 4.22. The third kappa shape index (κ3) is 4.63. The minimum atomic E-state index is 0.633. The third-order valence-corrected chi connectivity index (χ3v) is 2.67. The lowest BCUT2D eigenvalue weighted by Crippen LogP contribution is -2.27. The SMILES string of the molecule is CCCC(C)COC[C@@H]1CCCN1. The maximum absolute atomic E-state index is 5.67. The van der Waals surface area contributed by atoms with Crippen LogP contribution in [0.2, 0.25) is 0 Å². The maximum Gasteiger partial charge on any atom is 0.0619 e. The predicted molar refractivity (Wildman–Crippen MR) is 55.9 cm³/mol. The van der Waals surface area contributed by atoms with E-state index in [4.69, 9.17) is 4.74 Å². The van der Waals surface area contributed by atoms with Crippen molar-refractivity contribution in [3.05, 3.63) is 0 Å². The highest BCUT2D eigenvalue weighted by Gasteiger charge is 2.13. The highest BCUT2D eigenvalue weighted by atomic mass is 16.5. The number of nitrogens with one attached hydrogen (secondary N) is 1. The monoisotopic (exact) mass is 185 g/mol. The first-order chi connectivity index (χ1) is 6.33. The summed E-state index contributed by atoms with van der Waals surface area (Å²) in [4.78, 5) is 0. The summed E-state index contributed by atoms with van der Waals surface area (Å²) < 4.78 is 5.67. The molecule has 1 aliphatic heterocycles. The summed E-state index contributed by atoms with van der Waals surface area (Å²) in [7, 11) is 0. The molecule has 0 aromatic heterocycles. The quantitative estimate of drug-likeness (QED) is 0.685. The van der Waals surface area contributed by atoms with Gasteiger partial charge < -0.3 is 10.1 Å². The van der Waals surface area contributed by atoms with Crippen molar-refractivity contribution in [3.63, 3.8) is 0 Å². The van der Waals surface area contributed by atoms with Gasteiger partial charge in [-0.05, 0) is 31.7 Å².